The van der Waals surface area contributed by atoms with Crippen molar-refractivity contribution in [1.82, 2.24) is 4.31 Å². The number of hydrogen-bond acceptors (Lipinski definition) is 3. The minimum Gasteiger partial charge on any atom is -0.207 e. The number of sulfonamides is 1. The first-order valence-corrected chi connectivity index (χ1v) is 8.34. The summed E-state index contributed by atoms with van der Waals surface area (Å²) in [5.41, 5.74) is 2.75. The standard InChI is InChI=1S/C14H17NO2S2/c1-11-4-5-12(2)14(8-11)19(16,17)15(3)9-13-6-7-18-10-13/h4-8,10H,9H2,1-3H3. The molecule has 0 radical (unpaired) electrons. The van der Waals surface area contributed by atoms with Gasteiger partial charge in [0.25, 0.3) is 0 Å². The Morgan fingerprint density at radius 1 is 1.21 bits per heavy atom. The van der Waals surface area contributed by atoms with E-state index in [1.54, 1.807) is 24.5 Å². The van der Waals surface area contributed by atoms with Gasteiger partial charge in [-0.05, 0) is 53.4 Å². The van der Waals surface area contributed by atoms with Crippen LogP contribution in [0, 0.1) is 13.8 Å². The van der Waals surface area contributed by atoms with E-state index >= 15 is 0 Å². The van der Waals surface area contributed by atoms with Crippen LogP contribution in [-0.2, 0) is 16.6 Å². The molecule has 0 spiro atoms. The molecular weight excluding hydrogens is 278 g/mol. The van der Waals surface area contributed by atoms with Gasteiger partial charge in [-0.15, -0.1) is 0 Å². The molecule has 0 fully saturated rings. The van der Waals surface area contributed by atoms with Crippen molar-refractivity contribution in [2.45, 2.75) is 25.3 Å². The van der Waals surface area contributed by atoms with Crippen LogP contribution in [0.25, 0.3) is 0 Å². The number of thiophene rings is 1. The van der Waals surface area contributed by atoms with Crippen molar-refractivity contribution in [2.24, 2.45) is 0 Å². The molecule has 0 N–H and O–H groups in total. The quantitative estimate of drug-likeness (QED) is 0.868. The van der Waals surface area contributed by atoms with Crippen LogP contribution < -0.4 is 0 Å². The SMILES string of the molecule is Cc1ccc(C)c(S(=O)(=O)N(C)Cc2ccsc2)c1. The molecule has 0 saturated carbocycles. The van der Waals surface area contributed by atoms with Gasteiger partial charge in [-0.1, -0.05) is 12.1 Å². The molecule has 1 aromatic carbocycles. The molecule has 102 valence electrons. The van der Waals surface area contributed by atoms with Gasteiger partial charge < -0.3 is 0 Å². The fourth-order valence-corrected chi connectivity index (χ4v) is 4.00. The molecule has 0 amide bonds. The summed E-state index contributed by atoms with van der Waals surface area (Å²) < 4.78 is 26.5. The monoisotopic (exact) mass is 295 g/mol. The zero-order valence-corrected chi connectivity index (χ0v) is 12.9. The lowest BCUT2D eigenvalue weighted by molar-refractivity contribution is 0.466. The molecule has 0 bridgehead atoms. The van der Waals surface area contributed by atoms with Crippen LogP contribution in [0.2, 0.25) is 0 Å². The summed E-state index contributed by atoms with van der Waals surface area (Å²) in [5, 5.41) is 3.92. The van der Waals surface area contributed by atoms with Gasteiger partial charge in [0, 0.05) is 13.6 Å². The lowest BCUT2D eigenvalue weighted by Crippen LogP contribution is -2.27. The van der Waals surface area contributed by atoms with Gasteiger partial charge in [0.2, 0.25) is 10.0 Å². The summed E-state index contributed by atoms with van der Waals surface area (Å²) in [6.45, 7) is 4.13. The van der Waals surface area contributed by atoms with E-state index in [2.05, 4.69) is 0 Å². The molecule has 1 heterocycles. The van der Waals surface area contributed by atoms with E-state index in [4.69, 9.17) is 0 Å². The van der Waals surface area contributed by atoms with Gasteiger partial charge in [-0.2, -0.15) is 15.6 Å². The molecule has 2 aromatic rings. The van der Waals surface area contributed by atoms with Crippen molar-refractivity contribution in [3.05, 3.63) is 51.7 Å². The van der Waals surface area contributed by atoms with E-state index in [-0.39, 0.29) is 0 Å². The van der Waals surface area contributed by atoms with Gasteiger partial charge >= 0.3 is 0 Å². The Kier molecular flexibility index (Phi) is 4.08. The zero-order chi connectivity index (χ0) is 14.0. The molecule has 1 aromatic heterocycles. The second kappa shape index (κ2) is 5.45. The van der Waals surface area contributed by atoms with Crippen molar-refractivity contribution < 1.29 is 8.42 Å². The predicted octanol–water partition coefficient (Wildman–Crippen LogP) is 3.19. The largest absolute Gasteiger partial charge is 0.243 e. The smallest absolute Gasteiger partial charge is 0.207 e. The maximum Gasteiger partial charge on any atom is 0.243 e. The first-order valence-electron chi connectivity index (χ1n) is 5.96. The average Bonchev–Trinajstić information content (AvgIpc) is 2.85. The fourth-order valence-electron chi connectivity index (χ4n) is 1.88. The van der Waals surface area contributed by atoms with Crippen molar-refractivity contribution in [2.75, 3.05) is 7.05 Å². The fraction of sp³-hybridized carbons (Fsp3) is 0.286. The zero-order valence-electron chi connectivity index (χ0n) is 11.3. The highest BCUT2D eigenvalue weighted by Crippen LogP contribution is 2.22. The molecule has 0 aliphatic rings. The van der Waals surface area contributed by atoms with E-state index in [9.17, 15) is 8.42 Å². The Labute approximate surface area is 118 Å². The summed E-state index contributed by atoms with van der Waals surface area (Å²) in [4.78, 5) is 0.394. The van der Waals surface area contributed by atoms with Gasteiger partial charge in [0.1, 0.15) is 0 Å². The number of nitrogens with zero attached hydrogens (tertiary/aromatic N) is 1. The molecule has 0 saturated heterocycles. The van der Waals surface area contributed by atoms with E-state index in [0.29, 0.717) is 11.4 Å². The van der Waals surface area contributed by atoms with E-state index in [0.717, 1.165) is 16.7 Å². The van der Waals surface area contributed by atoms with Crippen molar-refractivity contribution in [1.29, 1.82) is 0 Å². The van der Waals surface area contributed by atoms with Crippen molar-refractivity contribution in [3.8, 4) is 0 Å². The predicted molar refractivity (Wildman–Crippen MR) is 78.9 cm³/mol. The maximum atomic E-state index is 12.6. The van der Waals surface area contributed by atoms with E-state index in [1.807, 2.05) is 42.8 Å². The molecule has 0 unspecified atom stereocenters. The molecule has 19 heavy (non-hydrogen) atoms. The van der Waals surface area contributed by atoms with Crippen LogP contribution in [-0.4, -0.2) is 19.8 Å². The van der Waals surface area contributed by atoms with Crippen molar-refractivity contribution >= 4 is 21.4 Å². The molecule has 3 nitrogen and oxygen atoms in total. The average molecular weight is 295 g/mol. The number of benzene rings is 1. The Morgan fingerprint density at radius 3 is 2.58 bits per heavy atom. The van der Waals surface area contributed by atoms with Crippen LogP contribution in [0.4, 0.5) is 0 Å². The van der Waals surface area contributed by atoms with Crippen LogP contribution in [0.1, 0.15) is 16.7 Å². The van der Waals surface area contributed by atoms with Crippen LogP contribution in [0.5, 0.6) is 0 Å². The summed E-state index contributed by atoms with van der Waals surface area (Å²) in [6.07, 6.45) is 0. The number of rotatable bonds is 4. The van der Waals surface area contributed by atoms with E-state index < -0.39 is 10.0 Å². The minimum atomic E-state index is -3.43. The summed E-state index contributed by atoms with van der Waals surface area (Å²) in [6, 6.07) is 7.45. The van der Waals surface area contributed by atoms with Gasteiger partial charge in [0.05, 0.1) is 4.90 Å². The molecule has 5 heteroatoms. The number of hydrogen-bond donors (Lipinski definition) is 0. The maximum absolute atomic E-state index is 12.6. The number of aryl methyl sites for hydroxylation is 2. The third-order valence-electron chi connectivity index (χ3n) is 3.02. The van der Waals surface area contributed by atoms with Crippen LogP contribution in [0.15, 0.2) is 39.9 Å². The van der Waals surface area contributed by atoms with Crippen LogP contribution in [0.3, 0.4) is 0 Å². The third kappa shape index (κ3) is 3.05. The van der Waals surface area contributed by atoms with Gasteiger partial charge in [-0.3, -0.25) is 0 Å². The Hall–Kier alpha value is -1.17. The summed E-state index contributed by atoms with van der Waals surface area (Å²) in [7, 11) is -1.81. The Morgan fingerprint density at radius 2 is 1.95 bits per heavy atom. The minimum absolute atomic E-state index is 0.394. The molecular formula is C14H17NO2S2. The molecule has 0 aliphatic carbocycles. The summed E-state index contributed by atoms with van der Waals surface area (Å²) in [5.74, 6) is 0. The van der Waals surface area contributed by atoms with E-state index in [1.165, 1.54) is 4.31 Å². The molecule has 2 rings (SSSR count). The first kappa shape index (κ1) is 14.2. The summed E-state index contributed by atoms with van der Waals surface area (Å²) >= 11 is 1.57. The first-order chi connectivity index (χ1) is 8.91. The topological polar surface area (TPSA) is 37.4 Å². The van der Waals surface area contributed by atoms with Gasteiger partial charge in [0.15, 0.2) is 0 Å². The highest BCUT2D eigenvalue weighted by Gasteiger charge is 2.22. The highest BCUT2D eigenvalue weighted by atomic mass is 32.2. The molecule has 0 atom stereocenters. The second-order valence-corrected chi connectivity index (χ2v) is 7.45. The normalized spacial score (nSPS) is 12.0. The van der Waals surface area contributed by atoms with Crippen molar-refractivity contribution in [3.63, 3.8) is 0 Å². The highest BCUT2D eigenvalue weighted by molar-refractivity contribution is 7.89. The third-order valence-corrected chi connectivity index (χ3v) is 5.69. The lowest BCUT2D eigenvalue weighted by atomic mass is 10.2. The molecule has 0 aliphatic heterocycles. The Balaban J connectivity index is 2.33. The van der Waals surface area contributed by atoms with Gasteiger partial charge in [-0.25, -0.2) is 8.42 Å². The Bertz CT molecular complexity index is 661. The van der Waals surface area contributed by atoms with Crippen LogP contribution >= 0.6 is 11.3 Å². The lowest BCUT2D eigenvalue weighted by Gasteiger charge is -2.18. The second-order valence-electron chi connectivity index (χ2n) is 4.66.